The van der Waals surface area contributed by atoms with Gasteiger partial charge in [-0.2, -0.15) is 0 Å². The molecule has 1 heterocycles. The van der Waals surface area contributed by atoms with Crippen molar-refractivity contribution in [1.29, 1.82) is 0 Å². The van der Waals surface area contributed by atoms with Crippen LogP contribution in [-0.4, -0.2) is 38.1 Å². The number of methoxy groups -OCH3 is 2. The first-order valence-electron chi connectivity index (χ1n) is 7.37. The zero-order chi connectivity index (χ0) is 15.4. The number of amides is 1. The Morgan fingerprint density at radius 3 is 2.67 bits per heavy atom. The molecule has 1 aliphatic heterocycles. The maximum Gasteiger partial charge on any atom is 0.256 e. The van der Waals surface area contributed by atoms with Gasteiger partial charge in [0.1, 0.15) is 11.5 Å². The van der Waals surface area contributed by atoms with Gasteiger partial charge in [-0.05, 0) is 31.2 Å². The van der Waals surface area contributed by atoms with Crippen molar-refractivity contribution in [3.05, 3.63) is 17.7 Å². The number of rotatable bonds is 3. The third-order valence-electron chi connectivity index (χ3n) is 4.11. The number of nitrogens with two attached hydrogens (primary N) is 1. The van der Waals surface area contributed by atoms with Gasteiger partial charge in [-0.15, -0.1) is 0 Å². The fraction of sp³-hybridized carbons (Fsp3) is 0.562. The topological polar surface area (TPSA) is 64.8 Å². The van der Waals surface area contributed by atoms with Crippen LogP contribution < -0.4 is 15.2 Å². The zero-order valence-corrected chi connectivity index (χ0v) is 13.0. The summed E-state index contributed by atoms with van der Waals surface area (Å²) in [7, 11) is 3.10. The summed E-state index contributed by atoms with van der Waals surface area (Å²) < 4.78 is 10.5. The van der Waals surface area contributed by atoms with Crippen LogP contribution in [0.15, 0.2) is 12.1 Å². The molecule has 0 bridgehead atoms. The van der Waals surface area contributed by atoms with Gasteiger partial charge < -0.3 is 20.1 Å². The second-order valence-corrected chi connectivity index (χ2v) is 5.62. The van der Waals surface area contributed by atoms with Crippen LogP contribution in [0.1, 0.15) is 36.5 Å². The van der Waals surface area contributed by atoms with Gasteiger partial charge in [0.2, 0.25) is 0 Å². The molecule has 2 rings (SSSR count). The number of carbonyl (C=O) groups is 1. The maximum absolute atomic E-state index is 12.8. The number of nitrogens with zero attached hydrogens (tertiary/aromatic N) is 1. The van der Waals surface area contributed by atoms with E-state index < -0.39 is 0 Å². The van der Waals surface area contributed by atoms with E-state index >= 15 is 0 Å². The van der Waals surface area contributed by atoms with E-state index in [1.54, 1.807) is 19.2 Å². The molecule has 0 radical (unpaired) electrons. The van der Waals surface area contributed by atoms with Crippen LogP contribution in [0.3, 0.4) is 0 Å². The van der Waals surface area contributed by atoms with Gasteiger partial charge in [0.25, 0.3) is 5.91 Å². The minimum Gasteiger partial charge on any atom is -0.497 e. The molecule has 1 fully saturated rings. The molecule has 1 saturated heterocycles. The first-order chi connectivity index (χ1) is 10.1. The van der Waals surface area contributed by atoms with Gasteiger partial charge in [0, 0.05) is 19.2 Å². The molecule has 0 aliphatic carbocycles. The normalized spacial score (nSPS) is 19.0. The SMILES string of the molecule is COc1cc(OC)c(N)c(C(=O)N2CCCC(C)CC2)c1. The second-order valence-electron chi connectivity index (χ2n) is 5.62. The van der Waals surface area contributed by atoms with Gasteiger partial charge in [0.15, 0.2) is 0 Å². The summed E-state index contributed by atoms with van der Waals surface area (Å²) in [6.45, 7) is 3.79. The number of benzene rings is 1. The van der Waals surface area contributed by atoms with Gasteiger partial charge in [-0.1, -0.05) is 6.92 Å². The van der Waals surface area contributed by atoms with E-state index in [1.165, 1.54) is 13.5 Å². The first kappa shape index (κ1) is 15.5. The molecule has 1 aliphatic rings. The summed E-state index contributed by atoms with van der Waals surface area (Å²) in [5, 5.41) is 0. The Kier molecular flexibility index (Phi) is 4.94. The lowest BCUT2D eigenvalue weighted by molar-refractivity contribution is 0.0760. The number of carbonyl (C=O) groups excluding carboxylic acids is 1. The predicted molar refractivity (Wildman–Crippen MR) is 82.9 cm³/mol. The smallest absolute Gasteiger partial charge is 0.256 e. The second kappa shape index (κ2) is 6.70. The number of anilines is 1. The summed E-state index contributed by atoms with van der Waals surface area (Å²) in [5.74, 6) is 1.67. The highest BCUT2D eigenvalue weighted by Crippen LogP contribution is 2.32. The monoisotopic (exact) mass is 292 g/mol. The highest BCUT2D eigenvalue weighted by molar-refractivity contribution is 6.01. The number of likely N-dealkylation sites (tertiary alicyclic amines) is 1. The fourth-order valence-electron chi connectivity index (χ4n) is 2.70. The van der Waals surface area contributed by atoms with Gasteiger partial charge >= 0.3 is 0 Å². The van der Waals surface area contributed by atoms with Gasteiger partial charge in [-0.25, -0.2) is 0 Å². The van der Waals surface area contributed by atoms with E-state index in [-0.39, 0.29) is 5.91 Å². The van der Waals surface area contributed by atoms with Crippen molar-refractivity contribution in [3.63, 3.8) is 0 Å². The van der Waals surface area contributed by atoms with Gasteiger partial charge in [0.05, 0.1) is 25.5 Å². The van der Waals surface area contributed by atoms with Crippen LogP contribution in [0, 0.1) is 5.92 Å². The molecule has 5 heteroatoms. The molecule has 2 N–H and O–H groups in total. The highest BCUT2D eigenvalue weighted by Gasteiger charge is 2.23. The largest absolute Gasteiger partial charge is 0.497 e. The average Bonchev–Trinajstić information content (AvgIpc) is 2.71. The standard InChI is InChI=1S/C16H24N2O3/c1-11-5-4-7-18(8-6-11)16(19)13-9-12(20-2)10-14(21-3)15(13)17/h9-11H,4-8,17H2,1-3H3. The molecule has 21 heavy (non-hydrogen) atoms. The quantitative estimate of drug-likeness (QED) is 0.870. The molecule has 1 unspecified atom stereocenters. The Bertz CT molecular complexity index is 516. The molecule has 116 valence electrons. The highest BCUT2D eigenvalue weighted by atomic mass is 16.5. The summed E-state index contributed by atoms with van der Waals surface area (Å²) in [6, 6.07) is 3.38. The minimum atomic E-state index is -0.0428. The Balaban J connectivity index is 2.29. The van der Waals surface area contributed by atoms with E-state index in [9.17, 15) is 4.79 Å². The number of hydrogen-bond acceptors (Lipinski definition) is 4. The van der Waals surface area contributed by atoms with Crippen molar-refractivity contribution in [2.45, 2.75) is 26.2 Å². The molecule has 5 nitrogen and oxygen atoms in total. The van der Waals surface area contributed by atoms with E-state index in [0.29, 0.717) is 28.7 Å². The molecule has 1 aromatic carbocycles. The lowest BCUT2D eigenvalue weighted by Gasteiger charge is -2.22. The lowest BCUT2D eigenvalue weighted by atomic mass is 10.0. The van der Waals surface area contributed by atoms with E-state index in [4.69, 9.17) is 15.2 Å². The molecule has 0 spiro atoms. The van der Waals surface area contributed by atoms with E-state index in [1.807, 2.05) is 4.90 Å². The number of hydrogen-bond donors (Lipinski definition) is 1. The van der Waals surface area contributed by atoms with Crippen LogP contribution in [0.5, 0.6) is 11.5 Å². The van der Waals surface area contributed by atoms with Gasteiger partial charge in [-0.3, -0.25) is 4.79 Å². The summed E-state index contributed by atoms with van der Waals surface area (Å²) >= 11 is 0. The number of nitrogen functional groups attached to an aromatic ring is 1. The molecule has 0 aromatic heterocycles. The molecule has 1 aromatic rings. The Morgan fingerprint density at radius 1 is 1.24 bits per heavy atom. The summed E-state index contributed by atoms with van der Waals surface area (Å²) in [5.41, 5.74) is 6.90. The van der Waals surface area contributed by atoms with E-state index in [0.717, 1.165) is 25.9 Å². The molecular formula is C16H24N2O3. The summed E-state index contributed by atoms with van der Waals surface area (Å²) in [6.07, 6.45) is 3.24. The average molecular weight is 292 g/mol. The Morgan fingerprint density at radius 2 is 2.00 bits per heavy atom. The van der Waals surface area contributed by atoms with Crippen LogP contribution in [0.4, 0.5) is 5.69 Å². The molecule has 1 amide bonds. The lowest BCUT2D eigenvalue weighted by Crippen LogP contribution is -2.32. The Labute approximate surface area is 126 Å². The fourth-order valence-corrected chi connectivity index (χ4v) is 2.70. The van der Waals surface area contributed by atoms with Crippen molar-refractivity contribution in [2.24, 2.45) is 5.92 Å². The zero-order valence-electron chi connectivity index (χ0n) is 13.0. The maximum atomic E-state index is 12.8. The molecular weight excluding hydrogens is 268 g/mol. The number of ether oxygens (including phenoxy) is 2. The molecule has 0 saturated carbocycles. The third-order valence-corrected chi connectivity index (χ3v) is 4.11. The van der Waals surface area contributed by atoms with Crippen LogP contribution >= 0.6 is 0 Å². The van der Waals surface area contributed by atoms with Crippen molar-refractivity contribution in [1.82, 2.24) is 4.90 Å². The van der Waals surface area contributed by atoms with Crippen molar-refractivity contribution in [2.75, 3.05) is 33.0 Å². The van der Waals surface area contributed by atoms with E-state index in [2.05, 4.69) is 6.92 Å². The van der Waals surface area contributed by atoms with Crippen molar-refractivity contribution >= 4 is 11.6 Å². The van der Waals surface area contributed by atoms with Crippen LogP contribution in [0.2, 0.25) is 0 Å². The Hall–Kier alpha value is -1.91. The van der Waals surface area contributed by atoms with Crippen molar-refractivity contribution in [3.8, 4) is 11.5 Å². The molecule has 1 atom stereocenters. The first-order valence-corrected chi connectivity index (χ1v) is 7.37. The predicted octanol–water partition coefficient (Wildman–Crippen LogP) is 2.55. The van der Waals surface area contributed by atoms with Crippen LogP contribution in [0.25, 0.3) is 0 Å². The third kappa shape index (κ3) is 3.40. The van der Waals surface area contributed by atoms with Crippen molar-refractivity contribution < 1.29 is 14.3 Å². The van der Waals surface area contributed by atoms with Crippen LogP contribution in [-0.2, 0) is 0 Å². The summed E-state index contributed by atoms with van der Waals surface area (Å²) in [4.78, 5) is 14.6. The minimum absolute atomic E-state index is 0.0428.